The van der Waals surface area contributed by atoms with Gasteiger partial charge in [-0.3, -0.25) is 0 Å². The third-order valence-electron chi connectivity index (χ3n) is 2.43. The zero-order valence-electron chi connectivity index (χ0n) is 11.3. The summed E-state index contributed by atoms with van der Waals surface area (Å²) in [4.78, 5) is 22.9. The van der Waals surface area contributed by atoms with Gasteiger partial charge >= 0.3 is 11.9 Å². The zero-order chi connectivity index (χ0) is 13.4. The van der Waals surface area contributed by atoms with Crippen LogP contribution in [0.25, 0.3) is 0 Å². The second kappa shape index (κ2) is 7.87. The highest BCUT2D eigenvalue weighted by Crippen LogP contribution is 2.05. The number of esters is 2. The van der Waals surface area contributed by atoms with Gasteiger partial charge in [-0.1, -0.05) is 13.8 Å². The first-order valence-electron chi connectivity index (χ1n) is 6.00. The molecule has 98 valence electrons. The van der Waals surface area contributed by atoms with Gasteiger partial charge in [-0.05, 0) is 33.6 Å². The Morgan fingerprint density at radius 1 is 1.06 bits per heavy atom. The van der Waals surface area contributed by atoms with Gasteiger partial charge in [-0.2, -0.15) is 0 Å². The molecule has 4 heteroatoms. The highest BCUT2D eigenvalue weighted by molar-refractivity contribution is 5.95. The first-order valence-corrected chi connectivity index (χ1v) is 6.00. The van der Waals surface area contributed by atoms with Crippen molar-refractivity contribution in [2.45, 2.75) is 59.7 Å². The highest BCUT2D eigenvalue weighted by Gasteiger charge is 2.12. The van der Waals surface area contributed by atoms with Gasteiger partial charge in [0, 0.05) is 11.6 Å². The van der Waals surface area contributed by atoms with Crippen LogP contribution in [0.4, 0.5) is 0 Å². The van der Waals surface area contributed by atoms with Crippen LogP contribution in [0.15, 0.2) is 11.6 Å². The maximum atomic E-state index is 11.5. The lowest BCUT2D eigenvalue weighted by Gasteiger charge is -2.11. The molecule has 0 aliphatic rings. The van der Waals surface area contributed by atoms with Gasteiger partial charge < -0.3 is 9.47 Å². The molecule has 0 rings (SSSR count). The summed E-state index contributed by atoms with van der Waals surface area (Å²) in [6.07, 6.45) is 2.39. The Labute approximate surface area is 103 Å². The number of hydrogen-bond acceptors (Lipinski definition) is 4. The molecule has 0 saturated heterocycles. The smallest absolute Gasteiger partial charge is 0.334 e. The summed E-state index contributed by atoms with van der Waals surface area (Å²) in [5.41, 5.74) is 0.263. The van der Waals surface area contributed by atoms with Gasteiger partial charge in [-0.25, -0.2) is 9.59 Å². The minimum absolute atomic E-state index is 0.142. The van der Waals surface area contributed by atoms with Crippen molar-refractivity contribution in [1.82, 2.24) is 0 Å². The molecule has 0 fully saturated rings. The Morgan fingerprint density at radius 3 is 2.00 bits per heavy atom. The molecular weight excluding hydrogens is 220 g/mol. The summed E-state index contributed by atoms with van der Waals surface area (Å²) in [6, 6.07) is 0. The van der Waals surface area contributed by atoms with Crippen LogP contribution in [0.2, 0.25) is 0 Å². The molecule has 2 unspecified atom stereocenters. The molecule has 0 bridgehead atoms. The van der Waals surface area contributed by atoms with Crippen molar-refractivity contribution in [1.29, 1.82) is 0 Å². The molecule has 0 aliphatic heterocycles. The van der Waals surface area contributed by atoms with Crippen LogP contribution in [0, 0.1) is 0 Å². The predicted octanol–water partition coefficient (Wildman–Crippen LogP) is 2.62. The van der Waals surface area contributed by atoms with Crippen molar-refractivity contribution in [2.24, 2.45) is 0 Å². The fourth-order valence-corrected chi connectivity index (χ4v) is 0.910. The fraction of sp³-hybridized carbons (Fsp3) is 0.692. The van der Waals surface area contributed by atoms with Crippen molar-refractivity contribution in [3.63, 3.8) is 0 Å². The predicted molar refractivity (Wildman–Crippen MR) is 65.4 cm³/mol. The van der Waals surface area contributed by atoms with Crippen LogP contribution in [-0.2, 0) is 19.1 Å². The van der Waals surface area contributed by atoms with Gasteiger partial charge in [0.15, 0.2) is 0 Å². The van der Waals surface area contributed by atoms with E-state index in [1.54, 1.807) is 13.8 Å². The molecule has 17 heavy (non-hydrogen) atoms. The Bertz CT molecular complexity index is 294. The van der Waals surface area contributed by atoms with Crippen LogP contribution in [0.5, 0.6) is 0 Å². The van der Waals surface area contributed by atoms with Gasteiger partial charge in [0.05, 0.1) is 12.2 Å². The molecule has 0 amide bonds. The number of carbonyl (C=O) groups is 2. The van der Waals surface area contributed by atoms with Crippen LogP contribution in [0.1, 0.15) is 47.5 Å². The number of hydrogen-bond donors (Lipinski definition) is 0. The van der Waals surface area contributed by atoms with E-state index in [9.17, 15) is 9.59 Å². The van der Waals surface area contributed by atoms with Crippen molar-refractivity contribution in [3.05, 3.63) is 11.6 Å². The van der Waals surface area contributed by atoms with Crippen LogP contribution in [0.3, 0.4) is 0 Å². The largest absolute Gasteiger partial charge is 0.460 e. The summed E-state index contributed by atoms with van der Waals surface area (Å²) < 4.78 is 10.1. The molecule has 0 aromatic carbocycles. The molecule has 4 nitrogen and oxygen atoms in total. The van der Waals surface area contributed by atoms with E-state index in [-0.39, 0.29) is 17.8 Å². The summed E-state index contributed by atoms with van der Waals surface area (Å²) >= 11 is 0. The molecule has 0 saturated carbocycles. The minimum Gasteiger partial charge on any atom is -0.460 e. The van der Waals surface area contributed by atoms with Crippen LogP contribution < -0.4 is 0 Å². The van der Waals surface area contributed by atoms with Crippen molar-refractivity contribution in [2.75, 3.05) is 0 Å². The Hall–Kier alpha value is -1.32. The van der Waals surface area contributed by atoms with Gasteiger partial charge in [-0.15, -0.1) is 0 Å². The highest BCUT2D eigenvalue weighted by atomic mass is 16.5. The quantitative estimate of drug-likeness (QED) is 0.530. The van der Waals surface area contributed by atoms with E-state index in [2.05, 4.69) is 0 Å². The van der Waals surface area contributed by atoms with E-state index < -0.39 is 11.9 Å². The molecular formula is C13H22O4. The normalized spacial score (nSPS) is 15.0. The number of carbonyl (C=O) groups excluding carboxylic acids is 2. The van der Waals surface area contributed by atoms with Crippen molar-refractivity contribution in [3.8, 4) is 0 Å². The topological polar surface area (TPSA) is 52.6 Å². The molecule has 0 spiro atoms. The van der Waals surface area contributed by atoms with Crippen molar-refractivity contribution < 1.29 is 19.1 Å². The number of ether oxygens (including phenoxy) is 2. The second-order valence-corrected chi connectivity index (χ2v) is 4.11. The second-order valence-electron chi connectivity index (χ2n) is 4.11. The Morgan fingerprint density at radius 2 is 1.53 bits per heavy atom. The summed E-state index contributed by atoms with van der Waals surface area (Å²) in [5.74, 6) is -0.974. The maximum absolute atomic E-state index is 11.5. The average Bonchev–Trinajstić information content (AvgIpc) is 2.28. The molecule has 0 heterocycles. The average molecular weight is 242 g/mol. The Balaban J connectivity index is 4.32. The third kappa shape index (κ3) is 6.76. The van der Waals surface area contributed by atoms with Gasteiger partial charge in [0.25, 0.3) is 0 Å². The van der Waals surface area contributed by atoms with Crippen LogP contribution >= 0.6 is 0 Å². The molecule has 0 aromatic rings. The number of rotatable bonds is 6. The van der Waals surface area contributed by atoms with E-state index >= 15 is 0 Å². The lowest BCUT2D eigenvalue weighted by Crippen LogP contribution is -2.17. The third-order valence-corrected chi connectivity index (χ3v) is 2.43. The van der Waals surface area contributed by atoms with E-state index in [1.165, 1.54) is 6.08 Å². The molecule has 0 aliphatic carbocycles. The Kier molecular flexibility index (Phi) is 7.26. The molecule has 0 radical (unpaired) electrons. The van der Waals surface area contributed by atoms with Crippen LogP contribution in [-0.4, -0.2) is 24.1 Å². The lowest BCUT2D eigenvalue weighted by molar-refractivity contribution is -0.146. The summed E-state index contributed by atoms with van der Waals surface area (Å²) in [7, 11) is 0. The van der Waals surface area contributed by atoms with Crippen molar-refractivity contribution >= 4 is 11.9 Å². The minimum atomic E-state index is -0.502. The first-order chi connectivity index (χ1) is 7.90. The summed E-state index contributed by atoms with van der Waals surface area (Å²) in [6.45, 7) is 9.00. The first kappa shape index (κ1) is 15.7. The molecule has 0 aromatic heterocycles. The van der Waals surface area contributed by atoms with E-state index in [4.69, 9.17) is 9.47 Å². The van der Waals surface area contributed by atoms with E-state index in [0.717, 1.165) is 12.8 Å². The maximum Gasteiger partial charge on any atom is 0.334 e. The SMILES string of the molecule is CCC(C)OC(=O)C=C(C)C(=O)OC(C)CC. The molecule has 2 atom stereocenters. The molecule has 0 N–H and O–H groups in total. The van der Waals surface area contributed by atoms with Gasteiger partial charge in [0.2, 0.25) is 0 Å². The van der Waals surface area contributed by atoms with E-state index in [0.29, 0.717) is 0 Å². The summed E-state index contributed by atoms with van der Waals surface area (Å²) in [5, 5.41) is 0. The lowest BCUT2D eigenvalue weighted by atomic mass is 10.2. The standard InChI is InChI=1S/C13H22O4/c1-6-10(4)16-12(14)8-9(3)13(15)17-11(5)7-2/h8,10-11H,6-7H2,1-5H3. The monoisotopic (exact) mass is 242 g/mol. The van der Waals surface area contributed by atoms with E-state index in [1.807, 2.05) is 20.8 Å². The van der Waals surface area contributed by atoms with Gasteiger partial charge in [0.1, 0.15) is 0 Å². The zero-order valence-corrected chi connectivity index (χ0v) is 11.3. The fourth-order valence-electron chi connectivity index (χ4n) is 0.910.